The first-order chi connectivity index (χ1) is 5.29. The third-order valence-electron chi connectivity index (χ3n) is 2.44. The highest BCUT2D eigenvalue weighted by Crippen LogP contribution is 2.23. The summed E-state index contributed by atoms with van der Waals surface area (Å²) in [6.45, 7) is 4.24. The summed E-state index contributed by atoms with van der Waals surface area (Å²) in [7, 11) is 0. The normalized spacial score (nSPS) is 23.3. The van der Waals surface area contributed by atoms with Crippen LogP contribution in [0, 0.1) is 6.92 Å². The Bertz CT molecular complexity index is 264. The second-order valence-electron chi connectivity index (χ2n) is 3.31. The second kappa shape index (κ2) is 2.32. The Morgan fingerprint density at radius 3 is 3.09 bits per heavy atom. The molecule has 0 saturated heterocycles. The van der Waals surface area contributed by atoms with E-state index >= 15 is 0 Å². The smallest absolute Gasteiger partial charge is 0.0828 e. The first kappa shape index (κ1) is 6.83. The predicted molar refractivity (Wildman–Crippen MR) is 42.4 cm³/mol. The summed E-state index contributed by atoms with van der Waals surface area (Å²) in [5.41, 5.74) is 2.44. The van der Waals surface area contributed by atoms with Crippen molar-refractivity contribution in [3.8, 4) is 0 Å². The van der Waals surface area contributed by atoms with Gasteiger partial charge < -0.3 is 0 Å². The lowest BCUT2D eigenvalue weighted by Gasteiger charge is -2.19. The fraction of sp³-hybridized carbons (Fsp3) is 0.750. The predicted octanol–water partition coefficient (Wildman–Crippen LogP) is 1.48. The Kier molecular flexibility index (Phi) is 1.44. The average Bonchev–Trinajstić information content (AvgIpc) is 2.35. The van der Waals surface area contributed by atoms with Crippen molar-refractivity contribution in [3.05, 3.63) is 11.4 Å². The zero-order valence-corrected chi connectivity index (χ0v) is 7.04. The SMILES string of the molecule is Cc1nnn2c1CCCC2C. The van der Waals surface area contributed by atoms with Crippen molar-refractivity contribution in [3.63, 3.8) is 0 Å². The average molecular weight is 151 g/mol. The number of hydrogen-bond acceptors (Lipinski definition) is 2. The van der Waals surface area contributed by atoms with Crippen LogP contribution in [-0.2, 0) is 6.42 Å². The van der Waals surface area contributed by atoms with Crippen LogP contribution in [0.3, 0.4) is 0 Å². The van der Waals surface area contributed by atoms with E-state index in [-0.39, 0.29) is 0 Å². The van der Waals surface area contributed by atoms with Crippen LogP contribution in [0.4, 0.5) is 0 Å². The van der Waals surface area contributed by atoms with Gasteiger partial charge in [-0.2, -0.15) is 0 Å². The highest BCUT2D eigenvalue weighted by molar-refractivity contribution is 5.10. The van der Waals surface area contributed by atoms with Gasteiger partial charge in [0.05, 0.1) is 17.4 Å². The molecule has 0 radical (unpaired) electrons. The molecule has 1 aliphatic heterocycles. The van der Waals surface area contributed by atoms with Crippen molar-refractivity contribution < 1.29 is 0 Å². The quantitative estimate of drug-likeness (QED) is 0.562. The largest absolute Gasteiger partial charge is 0.246 e. The van der Waals surface area contributed by atoms with Gasteiger partial charge in [-0.05, 0) is 33.1 Å². The summed E-state index contributed by atoms with van der Waals surface area (Å²) < 4.78 is 2.07. The molecule has 3 heteroatoms. The molecule has 0 spiro atoms. The summed E-state index contributed by atoms with van der Waals surface area (Å²) in [6.07, 6.45) is 3.69. The van der Waals surface area contributed by atoms with Gasteiger partial charge >= 0.3 is 0 Å². The fourth-order valence-corrected chi connectivity index (χ4v) is 1.73. The van der Waals surface area contributed by atoms with Gasteiger partial charge in [-0.15, -0.1) is 5.10 Å². The summed E-state index contributed by atoms with van der Waals surface area (Å²) in [6, 6.07) is 0.556. The number of fused-ring (bicyclic) bond motifs is 1. The lowest BCUT2D eigenvalue weighted by Crippen LogP contribution is -2.16. The molecule has 0 bridgehead atoms. The molecular weight excluding hydrogens is 138 g/mol. The minimum atomic E-state index is 0.556. The first-order valence-electron chi connectivity index (χ1n) is 4.19. The summed E-state index contributed by atoms with van der Waals surface area (Å²) in [5.74, 6) is 0. The lowest BCUT2D eigenvalue weighted by molar-refractivity contribution is 0.385. The van der Waals surface area contributed by atoms with Crippen molar-refractivity contribution in [1.82, 2.24) is 15.0 Å². The summed E-state index contributed by atoms with van der Waals surface area (Å²) in [5, 5.41) is 8.17. The van der Waals surface area contributed by atoms with Gasteiger partial charge in [0.15, 0.2) is 0 Å². The van der Waals surface area contributed by atoms with Gasteiger partial charge in [-0.1, -0.05) is 5.21 Å². The van der Waals surface area contributed by atoms with Crippen LogP contribution in [0.2, 0.25) is 0 Å². The zero-order chi connectivity index (χ0) is 7.84. The Morgan fingerprint density at radius 1 is 1.55 bits per heavy atom. The van der Waals surface area contributed by atoms with Gasteiger partial charge in [0, 0.05) is 0 Å². The van der Waals surface area contributed by atoms with Crippen LogP contribution >= 0.6 is 0 Å². The van der Waals surface area contributed by atoms with Crippen LogP contribution in [0.15, 0.2) is 0 Å². The molecule has 0 saturated carbocycles. The molecule has 3 nitrogen and oxygen atoms in total. The molecule has 1 aromatic heterocycles. The fourth-order valence-electron chi connectivity index (χ4n) is 1.73. The third kappa shape index (κ3) is 0.951. The number of hydrogen-bond donors (Lipinski definition) is 0. The van der Waals surface area contributed by atoms with E-state index in [1.165, 1.54) is 18.5 Å². The van der Waals surface area contributed by atoms with Crippen LogP contribution in [0.25, 0.3) is 0 Å². The molecule has 1 unspecified atom stereocenters. The van der Waals surface area contributed by atoms with E-state index in [0.717, 1.165) is 12.1 Å². The third-order valence-corrected chi connectivity index (χ3v) is 2.44. The van der Waals surface area contributed by atoms with Gasteiger partial charge in [0.2, 0.25) is 0 Å². The van der Waals surface area contributed by atoms with Crippen molar-refractivity contribution in [2.75, 3.05) is 0 Å². The van der Waals surface area contributed by atoms with Crippen LogP contribution in [0.5, 0.6) is 0 Å². The minimum Gasteiger partial charge on any atom is -0.246 e. The maximum Gasteiger partial charge on any atom is 0.0828 e. The Labute approximate surface area is 66.4 Å². The summed E-state index contributed by atoms with van der Waals surface area (Å²) >= 11 is 0. The maximum absolute atomic E-state index is 4.10. The van der Waals surface area contributed by atoms with Gasteiger partial charge in [0.25, 0.3) is 0 Å². The van der Waals surface area contributed by atoms with E-state index in [1.54, 1.807) is 0 Å². The molecule has 1 aromatic rings. The molecule has 0 aromatic carbocycles. The molecule has 60 valence electrons. The summed E-state index contributed by atoms with van der Waals surface area (Å²) in [4.78, 5) is 0. The van der Waals surface area contributed by atoms with Crippen LogP contribution < -0.4 is 0 Å². The van der Waals surface area contributed by atoms with Gasteiger partial charge in [0.1, 0.15) is 0 Å². The van der Waals surface area contributed by atoms with E-state index in [1.807, 2.05) is 6.92 Å². The van der Waals surface area contributed by atoms with E-state index in [0.29, 0.717) is 6.04 Å². The number of aromatic nitrogens is 3. The van der Waals surface area contributed by atoms with Crippen LogP contribution in [-0.4, -0.2) is 15.0 Å². The molecule has 0 aliphatic carbocycles. The van der Waals surface area contributed by atoms with E-state index in [2.05, 4.69) is 21.9 Å². The highest BCUT2D eigenvalue weighted by Gasteiger charge is 2.18. The zero-order valence-electron chi connectivity index (χ0n) is 7.04. The molecule has 11 heavy (non-hydrogen) atoms. The molecule has 1 aliphatic rings. The van der Waals surface area contributed by atoms with Crippen LogP contribution in [0.1, 0.15) is 37.2 Å². The molecule has 0 N–H and O–H groups in total. The number of nitrogens with zero attached hydrogens (tertiary/aromatic N) is 3. The Hall–Kier alpha value is -0.860. The minimum absolute atomic E-state index is 0.556. The van der Waals surface area contributed by atoms with Gasteiger partial charge in [-0.3, -0.25) is 0 Å². The number of aryl methyl sites for hydroxylation is 1. The van der Waals surface area contributed by atoms with Crippen molar-refractivity contribution in [2.24, 2.45) is 0 Å². The molecule has 0 fully saturated rings. The van der Waals surface area contributed by atoms with Crippen molar-refractivity contribution >= 4 is 0 Å². The van der Waals surface area contributed by atoms with Crippen molar-refractivity contribution in [2.45, 2.75) is 39.2 Å². The number of rotatable bonds is 0. The monoisotopic (exact) mass is 151 g/mol. The molecule has 1 atom stereocenters. The highest BCUT2D eigenvalue weighted by atomic mass is 15.4. The Morgan fingerprint density at radius 2 is 2.36 bits per heavy atom. The topological polar surface area (TPSA) is 30.7 Å². The molecule has 2 rings (SSSR count). The standard InChI is InChI=1S/C8H13N3/c1-6-4-3-5-8-7(2)9-10-11(6)8/h6H,3-5H2,1-2H3. The first-order valence-corrected chi connectivity index (χ1v) is 4.19. The van der Waals surface area contributed by atoms with Gasteiger partial charge in [-0.25, -0.2) is 4.68 Å². The van der Waals surface area contributed by atoms with E-state index in [9.17, 15) is 0 Å². The Balaban J connectivity index is 2.46. The van der Waals surface area contributed by atoms with E-state index < -0.39 is 0 Å². The van der Waals surface area contributed by atoms with Crippen molar-refractivity contribution in [1.29, 1.82) is 0 Å². The molecular formula is C8H13N3. The molecule has 0 amide bonds. The second-order valence-corrected chi connectivity index (χ2v) is 3.31. The molecule has 2 heterocycles. The van der Waals surface area contributed by atoms with E-state index in [4.69, 9.17) is 0 Å². The maximum atomic E-state index is 4.10. The lowest BCUT2D eigenvalue weighted by atomic mass is 10.0.